The third-order valence-corrected chi connectivity index (χ3v) is 4.44. The lowest BCUT2D eigenvalue weighted by Crippen LogP contribution is -2.05. The number of aromatic amines is 1. The van der Waals surface area contributed by atoms with Gasteiger partial charge in [-0.15, -0.1) is 0 Å². The Morgan fingerprint density at radius 2 is 1.71 bits per heavy atom. The van der Waals surface area contributed by atoms with E-state index >= 15 is 0 Å². The number of benzene rings is 2. The molecule has 0 spiro atoms. The zero-order chi connectivity index (χ0) is 16.8. The van der Waals surface area contributed by atoms with E-state index in [0.717, 1.165) is 27.7 Å². The Morgan fingerprint density at radius 3 is 2.46 bits per heavy atom. The van der Waals surface area contributed by atoms with E-state index in [-0.39, 0.29) is 17.2 Å². The fourth-order valence-electron chi connectivity index (χ4n) is 3.25. The molecule has 0 bridgehead atoms. The van der Waals surface area contributed by atoms with Crippen molar-refractivity contribution in [2.24, 2.45) is 0 Å². The summed E-state index contributed by atoms with van der Waals surface area (Å²) in [5, 5.41) is 22.5. The summed E-state index contributed by atoms with van der Waals surface area (Å²) in [6.07, 6.45) is 2.53. The highest BCUT2D eigenvalue weighted by Crippen LogP contribution is 2.37. The maximum atomic E-state index is 11.2. The van der Waals surface area contributed by atoms with Crippen LogP contribution in [-0.2, 0) is 6.42 Å². The van der Waals surface area contributed by atoms with Crippen LogP contribution in [0.25, 0.3) is 10.9 Å². The average molecular weight is 322 g/mol. The van der Waals surface area contributed by atoms with E-state index in [1.165, 1.54) is 0 Å². The second kappa shape index (κ2) is 5.13. The van der Waals surface area contributed by atoms with Gasteiger partial charge in [0.1, 0.15) is 0 Å². The van der Waals surface area contributed by atoms with Crippen LogP contribution in [0.15, 0.2) is 42.6 Å². The number of fused-ring (bicyclic) bond motifs is 2. The van der Waals surface area contributed by atoms with E-state index in [4.69, 9.17) is 5.11 Å². The Balaban J connectivity index is 1.72. The van der Waals surface area contributed by atoms with Gasteiger partial charge in [0.2, 0.25) is 0 Å². The van der Waals surface area contributed by atoms with Crippen molar-refractivity contribution in [2.75, 3.05) is 5.32 Å². The number of hydrogen-bond acceptors (Lipinski definition) is 3. The minimum Gasteiger partial charge on any atom is -0.478 e. The number of H-pyrrole nitrogens is 1. The maximum Gasteiger partial charge on any atom is 0.335 e. The van der Waals surface area contributed by atoms with Crippen molar-refractivity contribution < 1.29 is 19.8 Å². The molecular weight excluding hydrogens is 308 g/mol. The van der Waals surface area contributed by atoms with E-state index < -0.39 is 11.9 Å². The number of rotatable bonds is 3. The Kier molecular flexibility index (Phi) is 3.06. The molecule has 2 aromatic carbocycles. The van der Waals surface area contributed by atoms with Gasteiger partial charge in [0.15, 0.2) is 0 Å². The standard InChI is InChI=1S/C18H14N2O4/c21-17(22)9-1-3-14-11(5-9)7-16(20-14)13-8-19-15-4-2-10(18(23)24)6-12(13)15/h1-6,8,16,19-20H,7H2,(H,21,22)(H,23,24). The minimum atomic E-state index is -0.960. The fraction of sp³-hybridized carbons (Fsp3) is 0.111. The number of aromatic nitrogens is 1. The Bertz CT molecular complexity index is 990. The van der Waals surface area contributed by atoms with Gasteiger partial charge in [-0.25, -0.2) is 9.59 Å². The number of hydrogen-bond donors (Lipinski definition) is 4. The number of nitrogens with one attached hydrogen (secondary N) is 2. The molecule has 0 fully saturated rings. The molecule has 0 aliphatic carbocycles. The van der Waals surface area contributed by atoms with Gasteiger partial charge in [0.05, 0.1) is 17.2 Å². The topological polar surface area (TPSA) is 102 Å². The SMILES string of the molecule is O=C(O)c1ccc2c(c1)CC(c1c[nH]c3ccc(C(=O)O)cc13)N2. The summed E-state index contributed by atoms with van der Waals surface area (Å²) in [4.78, 5) is 25.5. The largest absolute Gasteiger partial charge is 0.478 e. The molecular formula is C18H14N2O4. The molecule has 1 aliphatic heterocycles. The minimum absolute atomic E-state index is 0.0261. The molecule has 6 nitrogen and oxygen atoms in total. The van der Waals surface area contributed by atoms with Crippen molar-refractivity contribution >= 4 is 28.5 Å². The second-order valence-electron chi connectivity index (χ2n) is 5.89. The van der Waals surface area contributed by atoms with Crippen LogP contribution < -0.4 is 5.32 Å². The second-order valence-corrected chi connectivity index (χ2v) is 5.89. The smallest absolute Gasteiger partial charge is 0.335 e. The molecule has 2 heterocycles. The van der Waals surface area contributed by atoms with Crippen LogP contribution in [0, 0.1) is 0 Å². The van der Waals surface area contributed by atoms with E-state index in [0.29, 0.717) is 6.42 Å². The van der Waals surface area contributed by atoms with Gasteiger partial charge in [-0.05, 0) is 53.9 Å². The first kappa shape index (κ1) is 14.3. The van der Waals surface area contributed by atoms with Gasteiger partial charge in [-0.1, -0.05) is 0 Å². The van der Waals surface area contributed by atoms with E-state index in [2.05, 4.69) is 10.3 Å². The third kappa shape index (κ3) is 2.20. The highest BCUT2D eigenvalue weighted by molar-refractivity contribution is 5.95. The van der Waals surface area contributed by atoms with Crippen LogP contribution in [-0.4, -0.2) is 27.1 Å². The summed E-state index contributed by atoms with van der Waals surface area (Å²) in [6.45, 7) is 0. The van der Waals surface area contributed by atoms with Gasteiger partial charge in [0, 0.05) is 22.8 Å². The lowest BCUT2D eigenvalue weighted by Gasteiger charge is -2.10. The molecule has 4 rings (SSSR count). The molecule has 1 atom stereocenters. The molecule has 0 amide bonds. The Labute approximate surface area is 136 Å². The third-order valence-electron chi connectivity index (χ3n) is 4.44. The van der Waals surface area contributed by atoms with Gasteiger partial charge in [-0.2, -0.15) is 0 Å². The van der Waals surface area contributed by atoms with Crippen molar-refractivity contribution in [3.8, 4) is 0 Å². The van der Waals surface area contributed by atoms with Crippen molar-refractivity contribution in [2.45, 2.75) is 12.5 Å². The van der Waals surface area contributed by atoms with Crippen molar-refractivity contribution in [3.63, 3.8) is 0 Å². The lowest BCUT2D eigenvalue weighted by atomic mass is 10.00. The molecule has 1 aromatic heterocycles. The first-order valence-electron chi connectivity index (χ1n) is 7.50. The lowest BCUT2D eigenvalue weighted by molar-refractivity contribution is 0.0686. The van der Waals surface area contributed by atoms with Crippen molar-refractivity contribution in [1.29, 1.82) is 0 Å². The van der Waals surface area contributed by atoms with Crippen molar-refractivity contribution in [1.82, 2.24) is 4.98 Å². The van der Waals surface area contributed by atoms with Crippen molar-refractivity contribution in [3.05, 3.63) is 64.8 Å². The molecule has 4 N–H and O–H groups in total. The maximum absolute atomic E-state index is 11.2. The predicted octanol–water partition coefficient (Wildman–Crippen LogP) is 3.27. The van der Waals surface area contributed by atoms with Crippen LogP contribution in [0.1, 0.15) is 37.9 Å². The number of aromatic carboxylic acids is 2. The van der Waals surface area contributed by atoms with Gasteiger partial charge in [0.25, 0.3) is 0 Å². The molecule has 6 heteroatoms. The molecule has 0 saturated carbocycles. The summed E-state index contributed by atoms with van der Waals surface area (Å²) in [5.41, 5.74) is 4.22. The number of carboxylic acid groups (broad SMARTS) is 2. The van der Waals surface area contributed by atoms with Crippen LogP contribution in [0.3, 0.4) is 0 Å². The zero-order valence-corrected chi connectivity index (χ0v) is 12.5. The quantitative estimate of drug-likeness (QED) is 0.592. The number of carbonyl (C=O) groups is 2. The summed E-state index contributed by atoms with van der Waals surface area (Å²) >= 11 is 0. The summed E-state index contributed by atoms with van der Waals surface area (Å²) in [6, 6.07) is 10.00. The number of carboxylic acids is 2. The molecule has 0 radical (unpaired) electrons. The van der Waals surface area contributed by atoms with E-state index in [1.807, 2.05) is 6.20 Å². The monoisotopic (exact) mass is 322 g/mol. The fourth-order valence-corrected chi connectivity index (χ4v) is 3.25. The van der Waals surface area contributed by atoms with Gasteiger partial charge in [-0.3, -0.25) is 0 Å². The molecule has 1 aliphatic rings. The normalized spacial score (nSPS) is 15.9. The molecule has 120 valence electrons. The van der Waals surface area contributed by atoms with Crippen LogP contribution in [0.2, 0.25) is 0 Å². The molecule has 0 saturated heterocycles. The van der Waals surface area contributed by atoms with Crippen LogP contribution in [0.5, 0.6) is 0 Å². The van der Waals surface area contributed by atoms with Gasteiger partial charge < -0.3 is 20.5 Å². The summed E-state index contributed by atoms with van der Waals surface area (Å²) in [7, 11) is 0. The average Bonchev–Trinajstić information content (AvgIpc) is 3.16. The Hall–Kier alpha value is -3.28. The zero-order valence-electron chi connectivity index (χ0n) is 12.5. The molecule has 24 heavy (non-hydrogen) atoms. The highest BCUT2D eigenvalue weighted by Gasteiger charge is 2.25. The van der Waals surface area contributed by atoms with Crippen LogP contribution >= 0.6 is 0 Å². The number of anilines is 1. The first-order valence-corrected chi connectivity index (χ1v) is 7.50. The first-order chi connectivity index (χ1) is 11.5. The highest BCUT2D eigenvalue weighted by atomic mass is 16.4. The Morgan fingerprint density at radius 1 is 1.00 bits per heavy atom. The summed E-state index contributed by atoms with van der Waals surface area (Å²) < 4.78 is 0. The summed E-state index contributed by atoms with van der Waals surface area (Å²) in [5.74, 6) is -1.91. The van der Waals surface area contributed by atoms with E-state index in [9.17, 15) is 14.7 Å². The molecule has 3 aromatic rings. The molecule has 1 unspecified atom stereocenters. The predicted molar refractivity (Wildman–Crippen MR) is 88.7 cm³/mol. The van der Waals surface area contributed by atoms with Gasteiger partial charge >= 0.3 is 11.9 Å². The van der Waals surface area contributed by atoms with E-state index in [1.54, 1.807) is 36.4 Å². The van der Waals surface area contributed by atoms with Crippen LogP contribution in [0.4, 0.5) is 5.69 Å².